The number of hydrogen-bond acceptors (Lipinski definition) is 4. The zero-order chi connectivity index (χ0) is 19.7. The van der Waals surface area contributed by atoms with Crippen molar-refractivity contribution in [2.24, 2.45) is 0 Å². The van der Waals surface area contributed by atoms with E-state index in [9.17, 15) is 9.59 Å². The summed E-state index contributed by atoms with van der Waals surface area (Å²) < 4.78 is 0. The summed E-state index contributed by atoms with van der Waals surface area (Å²) in [5, 5.41) is 4.36. The number of nitrogens with one attached hydrogen (secondary N) is 2. The van der Waals surface area contributed by atoms with Gasteiger partial charge in [-0.25, -0.2) is 4.98 Å². The number of anilines is 1. The van der Waals surface area contributed by atoms with Crippen molar-refractivity contribution < 1.29 is 4.79 Å². The van der Waals surface area contributed by atoms with E-state index in [-0.39, 0.29) is 17.5 Å². The van der Waals surface area contributed by atoms with E-state index in [0.717, 1.165) is 19.4 Å². The maximum atomic E-state index is 12.8. The first-order chi connectivity index (χ1) is 13.5. The lowest BCUT2D eigenvalue weighted by Gasteiger charge is -2.23. The Balaban J connectivity index is 1.52. The highest BCUT2D eigenvalue weighted by Crippen LogP contribution is 2.25. The molecule has 2 heterocycles. The number of rotatable bonds is 4. The summed E-state index contributed by atoms with van der Waals surface area (Å²) in [6.45, 7) is 1.15. The Morgan fingerprint density at radius 3 is 2.75 bits per heavy atom. The minimum Gasteiger partial charge on any atom is -0.325 e. The van der Waals surface area contributed by atoms with E-state index in [4.69, 9.17) is 23.2 Å². The Hall–Kier alpha value is -2.41. The summed E-state index contributed by atoms with van der Waals surface area (Å²) in [7, 11) is 0. The van der Waals surface area contributed by atoms with Crippen molar-refractivity contribution >= 4 is 45.7 Å². The van der Waals surface area contributed by atoms with Crippen LogP contribution in [0.4, 0.5) is 5.69 Å². The van der Waals surface area contributed by atoms with Crippen molar-refractivity contribution in [1.29, 1.82) is 0 Å². The lowest BCUT2D eigenvalue weighted by molar-refractivity contribution is -0.120. The maximum Gasteiger partial charge on any atom is 0.258 e. The molecule has 0 aliphatic carbocycles. The lowest BCUT2D eigenvalue weighted by Crippen LogP contribution is -2.39. The van der Waals surface area contributed by atoms with Crippen LogP contribution in [-0.2, 0) is 11.3 Å². The summed E-state index contributed by atoms with van der Waals surface area (Å²) in [4.78, 5) is 34.4. The van der Waals surface area contributed by atoms with Crippen molar-refractivity contribution in [2.45, 2.75) is 25.4 Å². The van der Waals surface area contributed by atoms with E-state index in [1.807, 2.05) is 23.1 Å². The van der Waals surface area contributed by atoms with Gasteiger partial charge in [-0.3, -0.25) is 14.5 Å². The molecule has 3 aromatic rings. The lowest BCUT2D eigenvalue weighted by atomic mass is 10.2. The molecule has 1 amide bonds. The number of nitrogens with zero attached hydrogens (tertiary/aromatic N) is 2. The zero-order valence-electron chi connectivity index (χ0n) is 14.9. The van der Waals surface area contributed by atoms with E-state index in [0.29, 0.717) is 39.0 Å². The minimum atomic E-state index is -0.311. The predicted octanol–water partition coefficient (Wildman–Crippen LogP) is 3.83. The van der Waals surface area contributed by atoms with Crippen LogP contribution in [0, 0.1) is 0 Å². The molecule has 0 saturated carbocycles. The van der Waals surface area contributed by atoms with Crippen LogP contribution >= 0.6 is 23.2 Å². The first-order valence-electron chi connectivity index (χ1n) is 8.98. The molecule has 4 rings (SSSR count). The van der Waals surface area contributed by atoms with Crippen LogP contribution in [-0.4, -0.2) is 33.4 Å². The van der Waals surface area contributed by atoms with Gasteiger partial charge in [-0.1, -0.05) is 35.3 Å². The summed E-state index contributed by atoms with van der Waals surface area (Å²) in [6, 6.07) is 11.8. The summed E-state index contributed by atoms with van der Waals surface area (Å²) in [5.74, 6) is 0.424. The highest BCUT2D eigenvalue weighted by Gasteiger charge is 2.31. The Morgan fingerprint density at radius 1 is 1.21 bits per heavy atom. The maximum absolute atomic E-state index is 12.8. The third kappa shape index (κ3) is 4.04. The zero-order valence-corrected chi connectivity index (χ0v) is 16.4. The summed E-state index contributed by atoms with van der Waals surface area (Å²) in [5.41, 5.74) is 1.04. The average molecular weight is 417 g/mol. The van der Waals surface area contributed by atoms with E-state index >= 15 is 0 Å². The Kier molecular flexibility index (Phi) is 5.35. The molecular formula is C20H18Cl2N4O2. The molecule has 1 aliphatic rings. The molecule has 1 aromatic heterocycles. The number of amides is 1. The average Bonchev–Trinajstić information content (AvgIpc) is 3.09. The number of H-pyrrole nitrogens is 1. The molecule has 2 aromatic carbocycles. The molecular weight excluding hydrogens is 399 g/mol. The number of aromatic nitrogens is 2. The van der Waals surface area contributed by atoms with Crippen molar-refractivity contribution in [3.05, 3.63) is 68.7 Å². The number of benzene rings is 2. The normalized spacial score (nSPS) is 17.1. The van der Waals surface area contributed by atoms with E-state index in [1.54, 1.807) is 24.3 Å². The van der Waals surface area contributed by atoms with E-state index in [2.05, 4.69) is 15.3 Å². The molecule has 0 spiro atoms. The molecule has 144 valence electrons. The molecule has 1 atom stereocenters. The van der Waals surface area contributed by atoms with Gasteiger partial charge >= 0.3 is 0 Å². The van der Waals surface area contributed by atoms with Crippen molar-refractivity contribution in [3.63, 3.8) is 0 Å². The van der Waals surface area contributed by atoms with Gasteiger partial charge in [0, 0.05) is 15.7 Å². The molecule has 8 heteroatoms. The summed E-state index contributed by atoms with van der Waals surface area (Å²) >= 11 is 12.0. The largest absolute Gasteiger partial charge is 0.325 e. The van der Waals surface area contributed by atoms with Crippen LogP contribution in [0.2, 0.25) is 10.0 Å². The monoisotopic (exact) mass is 416 g/mol. The number of para-hydroxylation sites is 1. The molecule has 1 aliphatic heterocycles. The van der Waals surface area contributed by atoms with Crippen LogP contribution in [0.15, 0.2) is 47.3 Å². The van der Waals surface area contributed by atoms with Crippen LogP contribution in [0.25, 0.3) is 10.9 Å². The fraction of sp³-hybridized carbons (Fsp3) is 0.250. The van der Waals surface area contributed by atoms with Crippen LogP contribution in [0.1, 0.15) is 18.7 Å². The molecule has 1 unspecified atom stereocenters. The van der Waals surface area contributed by atoms with Crippen molar-refractivity contribution in [2.75, 3.05) is 11.9 Å². The number of halogens is 2. The van der Waals surface area contributed by atoms with Gasteiger partial charge in [0.25, 0.3) is 5.56 Å². The number of carbonyl (C=O) groups excluding carboxylic acids is 1. The second-order valence-corrected chi connectivity index (χ2v) is 7.68. The first-order valence-corrected chi connectivity index (χ1v) is 9.74. The quantitative estimate of drug-likeness (QED) is 0.677. The minimum absolute atomic E-state index is 0.126. The third-order valence-electron chi connectivity index (χ3n) is 4.81. The Labute approximate surface area is 171 Å². The fourth-order valence-electron chi connectivity index (χ4n) is 3.57. The van der Waals surface area contributed by atoms with Gasteiger partial charge in [-0.2, -0.15) is 0 Å². The van der Waals surface area contributed by atoms with E-state index < -0.39 is 0 Å². The topological polar surface area (TPSA) is 78.1 Å². The number of aromatic amines is 1. The molecule has 0 bridgehead atoms. The standard InChI is InChI=1S/C20H18Cl2N4O2/c21-12-8-13(22)10-14(9-12)23-20(28)17-6-3-7-26(17)11-18-24-16-5-2-1-4-15(16)19(27)25-18/h1-2,4-5,8-10,17H,3,6-7,11H2,(H,23,28)(H,24,25,27). The number of likely N-dealkylation sites (tertiary alicyclic amines) is 1. The first kappa shape index (κ1) is 18.9. The van der Waals surface area contributed by atoms with Crippen molar-refractivity contribution in [3.8, 4) is 0 Å². The van der Waals surface area contributed by atoms with Crippen molar-refractivity contribution in [1.82, 2.24) is 14.9 Å². The number of fused-ring (bicyclic) bond motifs is 1. The second-order valence-electron chi connectivity index (χ2n) is 6.81. The highest BCUT2D eigenvalue weighted by atomic mass is 35.5. The second kappa shape index (κ2) is 7.91. The highest BCUT2D eigenvalue weighted by molar-refractivity contribution is 6.35. The van der Waals surface area contributed by atoms with Gasteiger partial charge < -0.3 is 10.3 Å². The SMILES string of the molecule is O=C(Nc1cc(Cl)cc(Cl)c1)C1CCCN1Cc1nc2ccccc2c(=O)[nH]1. The van der Waals surface area contributed by atoms with Crippen LogP contribution < -0.4 is 10.9 Å². The van der Waals surface area contributed by atoms with Gasteiger partial charge in [0.05, 0.1) is 23.5 Å². The van der Waals surface area contributed by atoms with Gasteiger partial charge in [-0.05, 0) is 49.7 Å². The number of hydrogen-bond donors (Lipinski definition) is 2. The van der Waals surface area contributed by atoms with Gasteiger partial charge in [0.15, 0.2) is 0 Å². The predicted molar refractivity (Wildman–Crippen MR) is 111 cm³/mol. The van der Waals surface area contributed by atoms with Gasteiger partial charge in [0.1, 0.15) is 5.82 Å². The Bertz CT molecular complexity index is 1080. The Morgan fingerprint density at radius 2 is 1.96 bits per heavy atom. The van der Waals surface area contributed by atoms with Crippen LogP contribution in [0.5, 0.6) is 0 Å². The van der Waals surface area contributed by atoms with Gasteiger partial charge in [-0.15, -0.1) is 0 Å². The fourth-order valence-corrected chi connectivity index (χ4v) is 4.09. The third-order valence-corrected chi connectivity index (χ3v) is 5.25. The molecule has 2 N–H and O–H groups in total. The molecule has 28 heavy (non-hydrogen) atoms. The van der Waals surface area contributed by atoms with E-state index in [1.165, 1.54) is 0 Å². The number of carbonyl (C=O) groups is 1. The van der Waals surface area contributed by atoms with Gasteiger partial charge in [0.2, 0.25) is 5.91 Å². The molecule has 0 radical (unpaired) electrons. The molecule has 6 nitrogen and oxygen atoms in total. The molecule has 1 saturated heterocycles. The smallest absolute Gasteiger partial charge is 0.258 e. The molecule has 1 fully saturated rings. The summed E-state index contributed by atoms with van der Waals surface area (Å²) in [6.07, 6.45) is 1.63. The van der Waals surface area contributed by atoms with Crippen LogP contribution in [0.3, 0.4) is 0 Å².